The fraction of sp³-hybridized carbons (Fsp3) is 0.300. The Labute approximate surface area is 107 Å². The lowest BCUT2D eigenvalue weighted by Gasteiger charge is -2.12. The number of ether oxygens (including phenoxy) is 1. The van der Waals surface area contributed by atoms with Crippen LogP contribution in [0, 0.1) is 0 Å². The van der Waals surface area contributed by atoms with Crippen LogP contribution in [0.15, 0.2) is 12.1 Å². The molecule has 1 aromatic rings. The number of carbonyl (C=O) groups is 3. The highest BCUT2D eigenvalue weighted by Gasteiger charge is 2.21. The summed E-state index contributed by atoms with van der Waals surface area (Å²) in [5.74, 6) is -3.24. The third kappa shape index (κ3) is 4.22. The Hall–Kier alpha value is -2.71. The predicted octanol–water partition coefficient (Wildman–Crippen LogP) is -0.397. The van der Waals surface area contributed by atoms with Crippen molar-refractivity contribution in [2.24, 2.45) is 0 Å². The first-order chi connectivity index (χ1) is 8.93. The molecule has 1 unspecified atom stereocenters. The van der Waals surface area contributed by atoms with Crippen molar-refractivity contribution in [2.75, 3.05) is 12.4 Å². The van der Waals surface area contributed by atoms with E-state index in [2.05, 4.69) is 20.3 Å². The van der Waals surface area contributed by atoms with Gasteiger partial charge >= 0.3 is 17.9 Å². The Morgan fingerprint density at radius 2 is 2.00 bits per heavy atom. The normalized spacial score (nSPS) is 11.4. The van der Waals surface area contributed by atoms with Gasteiger partial charge in [0.05, 0.1) is 13.5 Å². The molecule has 0 radical (unpaired) electrons. The van der Waals surface area contributed by atoms with Crippen LogP contribution < -0.4 is 5.32 Å². The monoisotopic (exact) mass is 269 g/mol. The number of esters is 1. The third-order valence-electron chi connectivity index (χ3n) is 2.06. The van der Waals surface area contributed by atoms with Crippen LogP contribution in [0.2, 0.25) is 0 Å². The largest absolute Gasteiger partial charge is 0.481 e. The van der Waals surface area contributed by atoms with Crippen LogP contribution in [0.5, 0.6) is 0 Å². The van der Waals surface area contributed by atoms with E-state index in [0.717, 1.165) is 0 Å². The van der Waals surface area contributed by atoms with E-state index in [-0.39, 0.29) is 11.5 Å². The molecule has 0 amide bonds. The van der Waals surface area contributed by atoms with Crippen molar-refractivity contribution in [3.05, 3.63) is 17.8 Å². The first-order valence-electron chi connectivity index (χ1n) is 5.07. The van der Waals surface area contributed by atoms with Crippen LogP contribution in [-0.4, -0.2) is 51.5 Å². The lowest BCUT2D eigenvalue weighted by molar-refractivity contribution is -0.144. The molecule has 0 aliphatic rings. The van der Waals surface area contributed by atoms with Crippen LogP contribution in [0.3, 0.4) is 0 Å². The van der Waals surface area contributed by atoms with E-state index in [1.807, 2.05) is 0 Å². The highest BCUT2D eigenvalue weighted by atomic mass is 16.5. The van der Waals surface area contributed by atoms with Crippen molar-refractivity contribution >= 4 is 23.7 Å². The molecule has 0 fully saturated rings. The number of methoxy groups -OCH3 is 1. The van der Waals surface area contributed by atoms with Gasteiger partial charge < -0.3 is 20.3 Å². The Bertz CT molecular complexity index is 487. The van der Waals surface area contributed by atoms with Crippen LogP contribution in [0.4, 0.5) is 5.82 Å². The summed E-state index contributed by atoms with van der Waals surface area (Å²) in [4.78, 5) is 32.4. The maximum atomic E-state index is 11.1. The van der Waals surface area contributed by atoms with Gasteiger partial charge in [-0.15, -0.1) is 10.2 Å². The zero-order valence-corrected chi connectivity index (χ0v) is 9.86. The number of rotatable bonds is 6. The SMILES string of the molecule is COC(=O)c1ccc(NC(CC(=O)O)C(=O)O)nn1. The Morgan fingerprint density at radius 1 is 1.32 bits per heavy atom. The first-order valence-corrected chi connectivity index (χ1v) is 5.07. The molecule has 102 valence electrons. The number of aliphatic carboxylic acids is 2. The summed E-state index contributed by atoms with van der Waals surface area (Å²) < 4.78 is 4.41. The smallest absolute Gasteiger partial charge is 0.358 e. The number of nitrogens with zero attached hydrogens (tertiary/aromatic N) is 2. The van der Waals surface area contributed by atoms with Gasteiger partial charge in [-0.1, -0.05) is 0 Å². The summed E-state index contributed by atoms with van der Waals surface area (Å²) in [6, 6.07) is 1.24. The molecule has 3 N–H and O–H groups in total. The molecular formula is C10H11N3O6. The molecule has 9 heteroatoms. The lowest BCUT2D eigenvalue weighted by atomic mass is 10.2. The lowest BCUT2D eigenvalue weighted by Crippen LogP contribution is -2.32. The molecule has 19 heavy (non-hydrogen) atoms. The molecule has 0 aliphatic heterocycles. The number of carboxylic acid groups (broad SMARTS) is 2. The van der Waals surface area contributed by atoms with E-state index in [1.165, 1.54) is 19.2 Å². The van der Waals surface area contributed by atoms with E-state index in [1.54, 1.807) is 0 Å². The summed E-state index contributed by atoms with van der Waals surface area (Å²) in [5.41, 5.74) is -0.0434. The molecule has 0 saturated heterocycles. The summed E-state index contributed by atoms with van der Waals surface area (Å²) in [6.07, 6.45) is -0.615. The maximum Gasteiger partial charge on any atom is 0.358 e. The van der Waals surface area contributed by atoms with Crippen molar-refractivity contribution in [2.45, 2.75) is 12.5 Å². The Kier molecular flexibility index (Phi) is 4.75. The molecular weight excluding hydrogens is 258 g/mol. The number of anilines is 1. The van der Waals surface area contributed by atoms with Gasteiger partial charge in [0, 0.05) is 0 Å². The first kappa shape index (κ1) is 14.4. The topological polar surface area (TPSA) is 139 Å². The average Bonchev–Trinajstić information content (AvgIpc) is 2.37. The van der Waals surface area contributed by atoms with Gasteiger partial charge in [0.25, 0.3) is 0 Å². The minimum Gasteiger partial charge on any atom is -0.481 e. The summed E-state index contributed by atoms with van der Waals surface area (Å²) in [5, 5.41) is 26.8. The fourth-order valence-electron chi connectivity index (χ4n) is 1.18. The molecule has 0 bridgehead atoms. The number of carboxylic acids is 2. The molecule has 1 aromatic heterocycles. The van der Waals surface area contributed by atoms with E-state index in [0.29, 0.717) is 0 Å². The van der Waals surface area contributed by atoms with E-state index in [9.17, 15) is 14.4 Å². The molecule has 0 saturated carbocycles. The second-order valence-electron chi connectivity index (χ2n) is 3.43. The van der Waals surface area contributed by atoms with Gasteiger partial charge in [-0.3, -0.25) is 4.79 Å². The number of nitrogens with one attached hydrogen (secondary N) is 1. The highest BCUT2D eigenvalue weighted by molar-refractivity contribution is 5.87. The number of hydrogen-bond donors (Lipinski definition) is 3. The summed E-state index contributed by atoms with van der Waals surface area (Å²) in [6.45, 7) is 0. The standard InChI is InChI=1S/C10H11N3O6/c1-19-10(18)5-2-3-7(13-12-5)11-6(9(16)17)4-8(14)15/h2-3,6H,4H2,1H3,(H,11,13)(H,14,15)(H,16,17). The van der Waals surface area contributed by atoms with Crippen molar-refractivity contribution < 1.29 is 29.3 Å². The van der Waals surface area contributed by atoms with Crippen molar-refractivity contribution in [1.82, 2.24) is 10.2 Å². The zero-order chi connectivity index (χ0) is 14.4. The molecule has 1 heterocycles. The molecule has 1 atom stereocenters. The number of carbonyl (C=O) groups excluding carboxylic acids is 1. The quantitative estimate of drug-likeness (QED) is 0.588. The highest BCUT2D eigenvalue weighted by Crippen LogP contribution is 2.07. The Morgan fingerprint density at radius 3 is 2.42 bits per heavy atom. The second-order valence-corrected chi connectivity index (χ2v) is 3.43. The maximum absolute atomic E-state index is 11.1. The van der Waals surface area contributed by atoms with E-state index in [4.69, 9.17) is 10.2 Å². The van der Waals surface area contributed by atoms with Gasteiger partial charge in [-0.25, -0.2) is 9.59 Å². The van der Waals surface area contributed by atoms with Gasteiger partial charge in [0.15, 0.2) is 5.69 Å². The van der Waals surface area contributed by atoms with Gasteiger partial charge in [-0.05, 0) is 12.1 Å². The second kappa shape index (κ2) is 6.28. The number of aromatic nitrogens is 2. The predicted molar refractivity (Wildman–Crippen MR) is 60.7 cm³/mol. The van der Waals surface area contributed by atoms with Crippen molar-refractivity contribution in [3.63, 3.8) is 0 Å². The van der Waals surface area contributed by atoms with Crippen molar-refractivity contribution in [1.29, 1.82) is 0 Å². The van der Waals surface area contributed by atoms with E-state index < -0.39 is 30.4 Å². The van der Waals surface area contributed by atoms with E-state index >= 15 is 0 Å². The molecule has 0 aliphatic carbocycles. The minimum absolute atomic E-state index is 0.0429. The zero-order valence-electron chi connectivity index (χ0n) is 9.86. The van der Waals surface area contributed by atoms with Crippen LogP contribution in [-0.2, 0) is 14.3 Å². The molecule has 9 nitrogen and oxygen atoms in total. The van der Waals surface area contributed by atoms with Crippen LogP contribution in [0.1, 0.15) is 16.9 Å². The van der Waals surface area contributed by atoms with Gasteiger partial charge in [-0.2, -0.15) is 0 Å². The molecule has 1 rings (SSSR count). The summed E-state index contributed by atoms with van der Waals surface area (Å²) in [7, 11) is 1.18. The number of hydrogen-bond acceptors (Lipinski definition) is 7. The van der Waals surface area contributed by atoms with Crippen molar-refractivity contribution in [3.8, 4) is 0 Å². The van der Waals surface area contributed by atoms with Gasteiger partial charge in [0.2, 0.25) is 0 Å². The van der Waals surface area contributed by atoms with Gasteiger partial charge in [0.1, 0.15) is 11.9 Å². The summed E-state index contributed by atoms with van der Waals surface area (Å²) >= 11 is 0. The Balaban J connectivity index is 2.77. The third-order valence-corrected chi connectivity index (χ3v) is 2.06. The fourth-order valence-corrected chi connectivity index (χ4v) is 1.18. The molecule has 0 aromatic carbocycles. The van der Waals surface area contributed by atoms with Crippen LogP contribution in [0.25, 0.3) is 0 Å². The van der Waals surface area contributed by atoms with Crippen LogP contribution >= 0.6 is 0 Å². The molecule has 0 spiro atoms. The average molecular weight is 269 g/mol. The minimum atomic E-state index is -1.34.